The standard InChI is InChI=1S/C12H17N3O2/c1-3-17-10(16)6-4-5-9-7-15-12(14)11(13)8(9)2/h4-5,7H,3,6,13H2,1-2H3,(H2,14,15). The van der Waals surface area contributed by atoms with Crippen molar-refractivity contribution in [1.29, 1.82) is 0 Å². The van der Waals surface area contributed by atoms with E-state index in [1.165, 1.54) is 0 Å². The van der Waals surface area contributed by atoms with E-state index in [0.29, 0.717) is 18.1 Å². The van der Waals surface area contributed by atoms with E-state index in [2.05, 4.69) is 4.98 Å². The molecule has 0 saturated carbocycles. The first-order valence-electron chi connectivity index (χ1n) is 5.39. The van der Waals surface area contributed by atoms with Gasteiger partial charge in [-0.15, -0.1) is 0 Å². The third-order valence-corrected chi connectivity index (χ3v) is 2.34. The van der Waals surface area contributed by atoms with Crippen LogP contribution >= 0.6 is 0 Å². The molecule has 5 nitrogen and oxygen atoms in total. The molecule has 92 valence electrons. The molecule has 0 aromatic carbocycles. The first-order valence-corrected chi connectivity index (χ1v) is 5.39. The summed E-state index contributed by atoms with van der Waals surface area (Å²) in [5.41, 5.74) is 13.5. The summed E-state index contributed by atoms with van der Waals surface area (Å²) < 4.78 is 4.80. The number of ether oxygens (including phenoxy) is 1. The van der Waals surface area contributed by atoms with Crippen molar-refractivity contribution in [3.05, 3.63) is 23.4 Å². The van der Waals surface area contributed by atoms with Crippen LogP contribution in [0.25, 0.3) is 6.08 Å². The molecule has 0 aliphatic carbocycles. The molecule has 1 aromatic rings. The maximum atomic E-state index is 11.1. The number of nitrogens with zero attached hydrogens (tertiary/aromatic N) is 1. The van der Waals surface area contributed by atoms with Crippen LogP contribution in [0.3, 0.4) is 0 Å². The lowest BCUT2D eigenvalue weighted by molar-refractivity contribution is -0.142. The second-order valence-corrected chi connectivity index (χ2v) is 3.55. The molecule has 0 atom stereocenters. The molecule has 5 heteroatoms. The number of esters is 1. The zero-order valence-electron chi connectivity index (χ0n) is 10.1. The van der Waals surface area contributed by atoms with Gasteiger partial charge in [-0.05, 0) is 25.0 Å². The van der Waals surface area contributed by atoms with Crippen LogP contribution in [0.2, 0.25) is 0 Å². The normalized spacial score (nSPS) is 10.7. The molecule has 4 N–H and O–H groups in total. The summed E-state index contributed by atoms with van der Waals surface area (Å²) in [5, 5.41) is 0. The van der Waals surface area contributed by atoms with Crippen LogP contribution in [0.15, 0.2) is 12.3 Å². The molecule has 0 fully saturated rings. The van der Waals surface area contributed by atoms with Crippen LogP contribution in [0.1, 0.15) is 24.5 Å². The average Bonchev–Trinajstić information content (AvgIpc) is 2.29. The summed E-state index contributed by atoms with van der Waals surface area (Å²) >= 11 is 0. The highest BCUT2D eigenvalue weighted by Crippen LogP contribution is 2.21. The van der Waals surface area contributed by atoms with Gasteiger partial charge in [0.15, 0.2) is 0 Å². The highest BCUT2D eigenvalue weighted by atomic mass is 16.5. The molecule has 0 aliphatic heterocycles. The van der Waals surface area contributed by atoms with Crippen molar-refractivity contribution >= 4 is 23.6 Å². The monoisotopic (exact) mass is 235 g/mol. The number of hydrogen-bond acceptors (Lipinski definition) is 5. The van der Waals surface area contributed by atoms with Gasteiger partial charge in [0.05, 0.1) is 18.7 Å². The fraction of sp³-hybridized carbons (Fsp3) is 0.333. The fourth-order valence-electron chi connectivity index (χ4n) is 1.32. The first kappa shape index (κ1) is 13.0. The van der Waals surface area contributed by atoms with Crippen LogP contribution in [0.4, 0.5) is 11.5 Å². The summed E-state index contributed by atoms with van der Waals surface area (Å²) in [6.07, 6.45) is 5.37. The summed E-state index contributed by atoms with van der Waals surface area (Å²) in [6.45, 7) is 4.02. The molecule has 0 aliphatic rings. The quantitative estimate of drug-likeness (QED) is 0.772. The Kier molecular flexibility index (Phi) is 4.51. The lowest BCUT2D eigenvalue weighted by atomic mass is 10.1. The second-order valence-electron chi connectivity index (χ2n) is 3.55. The molecule has 0 radical (unpaired) electrons. The van der Waals surface area contributed by atoms with Crippen LogP contribution in [-0.2, 0) is 9.53 Å². The molecule has 1 heterocycles. The Morgan fingerprint density at radius 2 is 2.24 bits per heavy atom. The highest BCUT2D eigenvalue weighted by molar-refractivity contribution is 5.74. The number of hydrogen-bond donors (Lipinski definition) is 2. The van der Waals surface area contributed by atoms with E-state index in [9.17, 15) is 4.79 Å². The molecular weight excluding hydrogens is 218 g/mol. The summed E-state index contributed by atoms with van der Waals surface area (Å²) in [4.78, 5) is 15.1. The van der Waals surface area contributed by atoms with Gasteiger partial charge in [-0.2, -0.15) is 0 Å². The molecule has 0 amide bonds. The minimum absolute atomic E-state index is 0.234. The maximum absolute atomic E-state index is 11.1. The smallest absolute Gasteiger partial charge is 0.309 e. The lowest BCUT2D eigenvalue weighted by Crippen LogP contribution is -2.02. The van der Waals surface area contributed by atoms with Gasteiger partial charge >= 0.3 is 5.97 Å². The molecule has 0 unspecified atom stereocenters. The van der Waals surface area contributed by atoms with Crippen molar-refractivity contribution in [1.82, 2.24) is 4.98 Å². The van der Waals surface area contributed by atoms with Crippen molar-refractivity contribution < 1.29 is 9.53 Å². The van der Waals surface area contributed by atoms with Crippen LogP contribution in [-0.4, -0.2) is 17.6 Å². The number of nitrogen functional groups attached to an aromatic ring is 2. The zero-order valence-corrected chi connectivity index (χ0v) is 10.1. The van der Waals surface area contributed by atoms with Gasteiger partial charge < -0.3 is 16.2 Å². The summed E-state index contributed by atoms with van der Waals surface area (Å²) in [6, 6.07) is 0. The van der Waals surface area contributed by atoms with Crippen LogP contribution in [0.5, 0.6) is 0 Å². The van der Waals surface area contributed by atoms with Crippen molar-refractivity contribution in [3.8, 4) is 0 Å². The van der Waals surface area contributed by atoms with Crippen molar-refractivity contribution in [3.63, 3.8) is 0 Å². The fourth-order valence-corrected chi connectivity index (χ4v) is 1.32. The molecular formula is C12H17N3O2. The second kappa shape index (κ2) is 5.89. The van der Waals surface area contributed by atoms with E-state index in [-0.39, 0.29) is 12.4 Å². The number of nitrogens with two attached hydrogens (primary N) is 2. The number of carbonyl (C=O) groups excluding carboxylic acids is 1. The van der Waals surface area contributed by atoms with Crippen molar-refractivity contribution in [2.75, 3.05) is 18.1 Å². The zero-order chi connectivity index (χ0) is 12.8. The predicted octanol–water partition coefficient (Wildman–Crippen LogP) is 1.52. The predicted molar refractivity (Wildman–Crippen MR) is 68.1 cm³/mol. The van der Waals surface area contributed by atoms with Crippen LogP contribution in [0, 0.1) is 6.92 Å². The Hall–Kier alpha value is -2.04. The van der Waals surface area contributed by atoms with E-state index < -0.39 is 0 Å². The Morgan fingerprint density at radius 3 is 2.88 bits per heavy atom. The van der Waals surface area contributed by atoms with Gasteiger partial charge in [-0.3, -0.25) is 4.79 Å². The average molecular weight is 235 g/mol. The topological polar surface area (TPSA) is 91.2 Å². The van der Waals surface area contributed by atoms with Crippen molar-refractivity contribution in [2.24, 2.45) is 0 Å². The molecule has 0 spiro atoms. The molecule has 1 aromatic heterocycles. The number of anilines is 2. The number of rotatable bonds is 4. The summed E-state index contributed by atoms with van der Waals surface area (Å²) in [5.74, 6) is 0.0721. The van der Waals surface area contributed by atoms with Gasteiger partial charge in [0.2, 0.25) is 0 Å². The van der Waals surface area contributed by atoms with Gasteiger partial charge in [-0.25, -0.2) is 4.98 Å². The third-order valence-electron chi connectivity index (χ3n) is 2.34. The Labute approximate surface area is 100 Å². The van der Waals surface area contributed by atoms with Gasteiger partial charge in [-0.1, -0.05) is 12.2 Å². The van der Waals surface area contributed by atoms with E-state index >= 15 is 0 Å². The Morgan fingerprint density at radius 1 is 1.53 bits per heavy atom. The van der Waals surface area contributed by atoms with E-state index in [0.717, 1.165) is 11.1 Å². The number of pyridine rings is 1. The lowest BCUT2D eigenvalue weighted by Gasteiger charge is -2.06. The largest absolute Gasteiger partial charge is 0.466 e. The highest BCUT2D eigenvalue weighted by Gasteiger charge is 2.04. The van der Waals surface area contributed by atoms with Gasteiger partial charge in [0.1, 0.15) is 5.82 Å². The van der Waals surface area contributed by atoms with Gasteiger partial charge in [0.25, 0.3) is 0 Å². The first-order chi connectivity index (χ1) is 8.06. The molecule has 0 bridgehead atoms. The maximum Gasteiger partial charge on any atom is 0.309 e. The number of carbonyl (C=O) groups is 1. The van der Waals surface area contributed by atoms with Crippen molar-refractivity contribution in [2.45, 2.75) is 20.3 Å². The molecule has 17 heavy (non-hydrogen) atoms. The molecule has 1 rings (SSSR count). The van der Waals surface area contributed by atoms with E-state index in [1.54, 1.807) is 25.3 Å². The minimum atomic E-state index is -0.252. The minimum Gasteiger partial charge on any atom is -0.466 e. The Bertz CT molecular complexity index is 442. The summed E-state index contributed by atoms with van der Waals surface area (Å²) in [7, 11) is 0. The van der Waals surface area contributed by atoms with Gasteiger partial charge in [0, 0.05) is 6.20 Å². The molecule has 0 saturated heterocycles. The van der Waals surface area contributed by atoms with E-state index in [1.807, 2.05) is 6.92 Å². The third kappa shape index (κ3) is 3.48. The van der Waals surface area contributed by atoms with Crippen LogP contribution < -0.4 is 11.5 Å². The van der Waals surface area contributed by atoms with E-state index in [4.69, 9.17) is 16.2 Å². The Balaban J connectivity index is 2.72. The number of aromatic nitrogens is 1. The SMILES string of the molecule is CCOC(=O)CC=Cc1cnc(N)c(N)c1C.